The fourth-order valence-electron chi connectivity index (χ4n) is 2.96. The van der Waals surface area contributed by atoms with E-state index in [4.69, 9.17) is 4.74 Å². The maximum Gasteiger partial charge on any atom is 0.264 e. The van der Waals surface area contributed by atoms with Gasteiger partial charge in [-0.2, -0.15) is 5.10 Å². The summed E-state index contributed by atoms with van der Waals surface area (Å²) in [5, 5.41) is 13.7. The monoisotopic (exact) mass is 549 g/mol. The molecule has 0 atom stereocenters. The van der Waals surface area contributed by atoms with E-state index in [1.165, 1.54) is 49.7 Å². The smallest absolute Gasteiger partial charge is 0.264 e. The van der Waals surface area contributed by atoms with Crippen LogP contribution in [0.15, 0.2) is 75.1 Å². The first-order chi connectivity index (χ1) is 16.1. The quantitative estimate of drug-likeness (QED) is 0.326. The molecule has 0 unspecified atom stereocenters. The zero-order valence-electron chi connectivity index (χ0n) is 18.2. The average molecular weight is 550 g/mol. The van der Waals surface area contributed by atoms with Crippen LogP contribution in [0.3, 0.4) is 0 Å². The van der Waals surface area contributed by atoms with Gasteiger partial charge in [-0.25, -0.2) is 18.2 Å². The van der Waals surface area contributed by atoms with Gasteiger partial charge in [0.05, 0.1) is 28.4 Å². The van der Waals surface area contributed by atoms with Crippen molar-refractivity contribution in [1.29, 1.82) is 0 Å². The second-order valence-corrected chi connectivity index (χ2v) is 9.84. The highest BCUT2D eigenvalue weighted by molar-refractivity contribution is 9.10. The molecule has 0 saturated carbocycles. The van der Waals surface area contributed by atoms with Gasteiger partial charge in [-0.3, -0.25) is 9.10 Å². The first kappa shape index (κ1) is 25.2. The van der Waals surface area contributed by atoms with Crippen molar-refractivity contribution in [1.82, 2.24) is 5.43 Å². The van der Waals surface area contributed by atoms with Gasteiger partial charge in [0.25, 0.3) is 15.9 Å². The molecule has 8 nitrogen and oxygen atoms in total. The summed E-state index contributed by atoms with van der Waals surface area (Å²) in [6.45, 7) is 1.09. The van der Waals surface area contributed by atoms with Gasteiger partial charge < -0.3 is 9.84 Å². The summed E-state index contributed by atoms with van der Waals surface area (Å²) in [7, 11) is -2.87. The SMILES string of the molecule is COc1cc(C=NNC(=O)CN(c2ccccc2F)S(=O)(=O)c2ccc(C)cc2)cc(Br)c1O. The van der Waals surface area contributed by atoms with Crippen LogP contribution in [-0.4, -0.2) is 39.3 Å². The van der Waals surface area contributed by atoms with Crippen molar-refractivity contribution >= 4 is 43.8 Å². The number of ether oxygens (including phenoxy) is 1. The maximum atomic E-state index is 14.5. The number of hydrazone groups is 1. The van der Waals surface area contributed by atoms with Crippen LogP contribution in [0.2, 0.25) is 0 Å². The van der Waals surface area contributed by atoms with Crippen molar-refractivity contribution in [2.45, 2.75) is 11.8 Å². The minimum Gasteiger partial charge on any atom is -0.503 e. The van der Waals surface area contributed by atoms with Gasteiger partial charge in [-0.1, -0.05) is 29.8 Å². The van der Waals surface area contributed by atoms with Crippen LogP contribution in [0, 0.1) is 12.7 Å². The summed E-state index contributed by atoms with van der Waals surface area (Å²) in [6.07, 6.45) is 1.28. The lowest BCUT2D eigenvalue weighted by Gasteiger charge is -2.24. The summed E-state index contributed by atoms with van der Waals surface area (Å²) < 4.78 is 47.1. The second kappa shape index (κ2) is 10.7. The fraction of sp³-hybridized carbons (Fsp3) is 0.130. The van der Waals surface area contributed by atoms with E-state index < -0.39 is 28.3 Å². The molecule has 0 aliphatic carbocycles. The number of carbonyl (C=O) groups is 1. The Hall–Kier alpha value is -3.44. The van der Waals surface area contributed by atoms with Gasteiger partial charge in [0.1, 0.15) is 12.4 Å². The summed E-state index contributed by atoms with van der Waals surface area (Å²) >= 11 is 3.18. The van der Waals surface area contributed by atoms with Gasteiger partial charge in [0.15, 0.2) is 11.5 Å². The molecule has 0 aromatic heterocycles. The summed E-state index contributed by atoms with van der Waals surface area (Å²) in [6, 6.07) is 14.3. The number of phenolic OH excluding ortho intramolecular Hbond substituents is 1. The van der Waals surface area contributed by atoms with Crippen molar-refractivity contribution in [2.24, 2.45) is 5.10 Å². The molecule has 11 heteroatoms. The number of nitrogens with zero attached hydrogens (tertiary/aromatic N) is 2. The number of carbonyl (C=O) groups excluding carboxylic acids is 1. The van der Waals surface area contributed by atoms with E-state index in [9.17, 15) is 22.7 Å². The number of methoxy groups -OCH3 is 1. The Labute approximate surface area is 204 Å². The molecule has 0 spiro atoms. The van der Waals surface area contributed by atoms with Crippen LogP contribution in [0.25, 0.3) is 0 Å². The molecule has 3 aromatic carbocycles. The van der Waals surface area contributed by atoms with E-state index in [2.05, 4.69) is 26.5 Å². The second-order valence-electron chi connectivity index (χ2n) is 7.12. The molecule has 0 radical (unpaired) electrons. The number of anilines is 1. The van der Waals surface area contributed by atoms with E-state index in [0.717, 1.165) is 11.6 Å². The highest BCUT2D eigenvalue weighted by Gasteiger charge is 2.29. The number of phenols is 1. The Balaban J connectivity index is 1.85. The number of amides is 1. The fourth-order valence-corrected chi connectivity index (χ4v) is 4.85. The van der Waals surface area contributed by atoms with Crippen LogP contribution in [0.4, 0.5) is 10.1 Å². The third-order valence-electron chi connectivity index (χ3n) is 4.69. The van der Waals surface area contributed by atoms with Crippen LogP contribution in [0.5, 0.6) is 11.5 Å². The van der Waals surface area contributed by atoms with Crippen molar-refractivity contribution in [3.8, 4) is 11.5 Å². The van der Waals surface area contributed by atoms with E-state index in [0.29, 0.717) is 14.3 Å². The van der Waals surface area contributed by atoms with Crippen molar-refractivity contribution < 1.29 is 27.4 Å². The highest BCUT2D eigenvalue weighted by atomic mass is 79.9. The lowest BCUT2D eigenvalue weighted by atomic mass is 10.2. The third kappa shape index (κ3) is 5.72. The number of sulfonamides is 1. The molecule has 0 aliphatic heterocycles. The number of benzene rings is 3. The Morgan fingerprint density at radius 3 is 2.53 bits per heavy atom. The molecule has 34 heavy (non-hydrogen) atoms. The van der Waals surface area contributed by atoms with E-state index in [-0.39, 0.29) is 22.1 Å². The van der Waals surface area contributed by atoms with E-state index in [1.54, 1.807) is 25.1 Å². The molecule has 0 saturated heterocycles. The van der Waals surface area contributed by atoms with E-state index >= 15 is 0 Å². The molecular weight excluding hydrogens is 529 g/mol. The molecule has 0 aliphatic rings. The summed E-state index contributed by atoms with van der Waals surface area (Å²) in [4.78, 5) is 12.5. The Bertz CT molecular complexity index is 1330. The number of hydrogen-bond acceptors (Lipinski definition) is 6. The van der Waals surface area contributed by atoms with Crippen LogP contribution in [-0.2, 0) is 14.8 Å². The number of para-hydroxylation sites is 1. The molecule has 0 fully saturated rings. The number of aromatic hydroxyl groups is 1. The average Bonchev–Trinajstić information content (AvgIpc) is 2.80. The van der Waals surface area contributed by atoms with Gasteiger partial charge in [-0.05, 0) is 64.8 Å². The minimum atomic E-state index is -4.25. The number of hydrogen-bond donors (Lipinski definition) is 2. The predicted octanol–water partition coefficient (Wildman–Crippen LogP) is 3.96. The normalized spacial score (nSPS) is 11.4. The largest absolute Gasteiger partial charge is 0.503 e. The number of aryl methyl sites for hydroxylation is 1. The third-order valence-corrected chi connectivity index (χ3v) is 7.07. The topological polar surface area (TPSA) is 108 Å². The number of rotatable bonds is 8. The lowest BCUT2D eigenvalue weighted by molar-refractivity contribution is -0.119. The van der Waals surface area contributed by atoms with Crippen molar-refractivity contribution in [3.63, 3.8) is 0 Å². The molecule has 0 heterocycles. The summed E-state index contributed by atoms with van der Waals surface area (Å²) in [5.74, 6) is -1.49. The standard InChI is InChI=1S/C23H21BrFN3O5S/c1-15-7-9-17(10-8-15)34(31,32)28(20-6-4-3-5-19(20)25)14-22(29)27-26-13-16-11-18(24)23(30)21(12-16)33-2/h3-13,30H,14H2,1-2H3,(H,27,29). The molecule has 3 rings (SSSR count). The first-order valence-electron chi connectivity index (χ1n) is 9.86. The molecular formula is C23H21BrFN3O5S. The molecule has 1 amide bonds. The number of nitrogens with one attached hydrogen (secondary N) is 1. The zero-order valence-corrected chi connectivity index (χ0v) is 20.6. The first-order valence-corrected chi connectivity index (χ1v) is 12.1. The molecule has 0 bridgehead atoms. The van der Waals surface area contributed by atoms with Gasteiger partial charge in [0, 0.05) is 0 Å². The molecule has 2 N–H and O–H groups in total. The lowest BCUT2D eigenvalue weighted by Crippen LogP contribution is -2.40. The Kier molecular flexibility index (Phi) is 7.90. The predicted molar refractivity (Wildman–Crippen MR) is 130 cm³/mol. The molecule has 178 valence electrons. The zero-order chi connectivity index (χ0) is 24.9. The van der Waals surface area contributed by atoms with Crippen LogP contribution < -0.4 is 14.5 Å². The van der Waals surface area contributed by atoms with Gasteiger partial charge >= 0.3 is 0 Å². The van der Waals surface area contributed by atoms with Crippen LogP contribution >= 0.6 is 15.9 Å². The van der Waals surface area contributed by atoms with E-state index in [1.807, 2.05) is 0 Å². The highest BCUT2D eigenvalue weighted by Crippen LogP contribution is 2.34. The number of halogens is 2. The Morgan fingerprint density at radius 2 is 1.88 bits per heavy atom. The van der Waals surface area contributed by atoms with Gasteiger partial charge in [-0.15, -0.1) is 0 Å². The summed E-state index contributed by atoms with van der Waals surface area (Å²) in [5.41, 5.74) is 3.30. The minimum absolute atomic E-state index is 0.0845. The molecule has 3 aromatic rings. The van der Waals surface area contributed by atoms with Crippen molar-refractivity contribution in [2.75, 3.05) is 18.0 Å². The van der Waals surface area contributed by atoms with Crippen LogP contribution in [0.1, 0.15) is 11.1 Å². The Morgan fingerprint density at radius 1 is 1.21 bits per heavy atom. The van der Waals surface area contributed by atoms with Crippen molar-refractivity contribution in [3.05, 3.63) is 82.1 Å². The maximum absolute atomic E-state index is 14.5. The van der Waals surface area contributed by atoms with Gasteiger partial charge in [0.2, 0.25) is 0 Å².